The maximum Gasteiger partial charge on any atom is 0.248 e. The van der Waals surface area contributed by atoms with E-state index in [9.17, 15) is 9.59 Å². The fraction of sp³-hybridized carbons (Fsp3) is 0.867. The van der Waals surface area contributed by atoms with Crippen LogP contribution in [0.5, 0.6) is 0 Å². The van der Waals surface area contributed by atoms with Gasteiger partial charge in [-0.25, -0.2) is 0 Å². The van der Waals surface area contributed by atoms with E-state index < -0.39 is 5.54 Å². The second-order valence-electron chi connectivity index (χ2n) is 6.83. The van der Waals surface area contributed by atoms with Gasteiger partial charge in [-0.05, 0) is 38.5 Å². The summed E-state index contributed by atoms with van der Waals surface area (Å²) in [6.45, 7) is 6.83. The normalized spacial score (nSPS) is 31.2. The molecule has 0 bridgehead atoms. The first-order valence-corrected chi connectivity index (χ1v) is 7.49. The Morgan fingerprint density at radius 1 is 1.32 bits per heavy atom. The van der Waals surface area contributed by atoms with Gasteiger partial charge in [0.2, 0.25) is 11.8 Å². The van der Waals surface area contributed by atoms with E-state index in [2.05, 4.69) is 12.2 Å². The Labute approximate surface area is 115 Å². The van der Waals surface area contributed by atoms with Crippen molar-refractivity contribution in [3.63, 3.8) is 0 Å². The topological polar surface area (TPSA) is 49.4 Å². The number of piperazine rings is 1. The molecule has 0 aromatic heterocycles. The zero-order chi connectivity index (χ0) is 14.0. The summed E-state index contributed by atoms with van der Waals surface area (Å²) in [7, 11) is 0. The molecule has 2 unspecified atom stereocenters. The second kappa shape index (κ2) is 5.51. The summed E-state index contributed by atoms with van der Waals surface area (Å²) in [5.41, 5.74) is -0.741. The average Bonchev–Trinajstić information content (AvgIpc) is 2.31. The highest BCUT2D eigenvalue weighted by Gasteiger charge is 2.38. The quantitative estimate of drug-likeness (QED) is 0.848. The van der Waals surface area contributed by atoms with E-state index in [1.807, 2.05) is 0 Å². The first-order chi connectivity index (χ1) is 8.88. The molecular weight excluding hydrogens is 240 g/mol. The van der Waals surface area contributed by atoms with E-state index in [4.69, 9.17) is 0 Å². The molecule has 2 amide bonds. The van der Waals surface area contributed by atoms with Gasteiger partial charge in [0, 0.05) is 6.54 Å². The fourth-order valence-corrected chi connectivity index (χ4v) is 3.42. The summed E-state index contributed by atoms with van der Waals surface area (Å²) in [6.07, 6.45) is 6.25. The van der Waals surface area contributed by atoms with Gasteiger partial charge in [-0.1, -0.05) is 26.2 Å². The van der Waals surface area contributed by atoms with Crippen molar-refractivity contribution < 1.29 is 9.59 Å². The number of carbonyl (C=O) groups is 2. The predicted molar refractivity (Wildman–Crippen MR) is 74.5 cm³/mol. The van der Waals surface area contributed by atoms with Crippen LogP contribution in [0.4, 0.5) is 0 Å². The number of nitrogens with one attached hydrogen (secondary N) is 1. The Morgan fingerprint density at radius 2 is 2.05 bits per heavy atom. The Balaban J connectivity index is 1.87. The highest BCUT2D eigenvalue weighted by Crippen LogP contribution is 2.31. The summed E-state index contributed by atoms with van der Waals surface area (Å²) in [5, 5.41) is 2.75. The smallest absolute Gasteiger partial charge is 0.248 e. The Bertz CT molecular complexity index is 365. The summed E-state index contributed by atoms with van der Waals surface area (Å²) in [4.78, 5) is 25.6. The molecule has 1 saturated heterocycles. The molecule has 19 heavy (non-hydrogen) atoms. The van der Waals surface area contributed by atoms with Crippen molar-refractivity contribution in [3.05, 3.63) is 0 Å². The van der Waals surface area contributed by atoms with Gasteiger partial charge in [0.1, 0.15) is 5.54 Å². The van der Waals surface area contributed by atoms with Gasteiger partial charge in [-0.2, -0.15) is 0 Å². The first kappa shape index (κ1) is 14.4. The van der Waals surface area contributed by atoms with Crippen LogP contribution in [-0.2, 0) is 9.59 Å². The second-order valence-corrected chi connectivity index (χ2v) is 6.83. The lowest BCUT2D eigenvalue weighted by Crippen LogP contribution is -2.63. The first-order valence-electron chi connectivity index (χ1n) is 7.49. The monoisotopic (exact) mass is 266 g/mol. The third-order valence-electron chi connectivity index (χ3n) is 4.46. The minimum Gasteiger partial charge on any atom is -0.341 e. The largest absolute Gasteiger partial charge is 0.341 e. The van der Waals surface area contributed by atoms with Crippen LogP contribution in [0.3, 0.4) is 0 Å². The molecular formula is C15H26N2O2. The number of rotatable bonds is 3. The van der Waals surface area contributed by atoms with Crippen LogP contribution in [0.15, 0.2) is 0 Å². The molecule has 0 spiro atoms. The van der Waals surface area contributed by atoms with E-state index in [1.165, 1.54) is 25.7 Å². The van der Waals surface area contributed by atoms with Gasteiger partial charge in [0.25, 0.3) is 0 Å². The minimum absolute atomic E-state index is 0.0402. The van der Waals surface area contributed by atoms with E-state index in [0.717, 1.165) is 24.8 Å². The van der Waals surface area contributed by atoms with Crippen molar-refractivity contribution in [3.8, 4) is 0 Å². The molecule has 4 heteroatoms. The molecule has 0 aromatic carbocycles. The van der Waals surface area contributed by atoms with Crippen molar-refractivity contribution in [2.75, 3.05) is 13.1 Å². The lowest BCUT2D eigenvalue weighted by molar-refractivity contribution is -0.148. The van der Waals surface area contributed by atoms with Gasteiger partial charge in [0.05, 0.1) is 6.54 Å². The lowest BCUT2D eigenvalue weighted by atomic mass is 9.81. The maximum atomic E-state index is 12.2. The zero-order valence-corrected chi connectivity index (χ0v) is 12.4. The van der Waals surface area contributed by atoms with E-state index in [1.54, 1.807) is 18.7 Å². The van der Waals surface area contributed by atoms with Gasteiger partial charge >= 0.3 is 0 Å². The highest BCUT2D eigenvalue weighted by atomic mass is 16.2. The molecule has 1 saturated carbocycles. The van der Waals surface area contributed by atoms with Gasteiger partial charge in [-0.3, -0.25) is 9.59 Å². The molecule has 2 rings (SSSR count). The molecule has 2 fully saturated rings. The van der Waals surface area contributed by atoms with E-state index >= 15 is 0 Å². The summed E-state index contributed by atoms with van der Waals surface area (Å²) in [5.74, 6) is 1.55. The third kappa shape index (κ3) is 3.48. The maximum absolute atomic E-state index is 12.2. The van der Waals surface area contributed by atoms with Gasteiger partial charge in [0.15, 0.2) is 0 Å². The summed E-state index contributed by atoms with van der Waals surface area (Å²) < 4.78 is 0. The van der Waals surface area contributed by atoms with Crippen LogP contribution in [-0.4, -0.2) is 35.3 Å². The predicted octanol–water partition coefficient (Wildman–Crippen LogP) is 1.94. The average molecular weight is 266 g/mol. The fourth-order valence-electron chi connectivity index (χ4n) is 3.42. The third-order valence-corrected chi connectivity index (χ3v) is 4.46. The van der Waals surface area contributed by atoms with E-state index in [0.29, 0.717) is 0 Å². The molecule has 1 heterocycles. The number of hydrogen-bond acceptors (Lipinski definition) is 2. The van der Waals surface area contributed by atoms with Crippen molar-refractivity contribution in [2.24, 2.45) is 11.8 Å². The Morgan fingerprint density at radius 3 is 2.74 bits per heavy atom. The minimum atomic E-state index is -0.741. The van der Waals surface area contributed by atoms with Crippen LogP contribution in [0.1, 0.15) is 52.9 Å². The standard InChI is InChI=1S/C15H26N2O2/c1-11-5-4-6-12(9-11)7-8-17-10-13(18)16-15(2,3)14(17)19/h11-12H,4-10H2,1-3H3,(H,16,18). The van der Waals surface area contributed by atoms with Crippen LogP contribution >= 0.6 is 0 Å². The van der Waals surface area contributed by atoms with Crippen LogP contribution in [0.25, 0.3) is 0 Å². The summed E-state index contributed by atoms with van der Waals surface area (Å²) in [6, 6.07) is 0. The molecule has 0 aromatic rings. The molecule has 2 atom stereocenters. The molecule has 0 radical (unpaired) electrons. The van der Waals surface area contributed by atoms with Crippen molar-refractivity contribution in [1.82, 2.24) is 10.2 Å². The molecule has 2 aliphatic rings. The zero-order valence-electron chi connectivity index (χ0n) is 12.4. The highest BCUT2D eigenvalue weighted by molar-refractivity contribution is 5.97. The number of carbonyl (C=O) groups excluding carboxylic acids is 2. The van der Waals surface area contributed by atoms with Gasteiger partial charge < -0.3 is 10.2 Å². The number of amides is 2. The van der Waals surface area contributed by atoms with Gasteiger partial charge in [-0.15, -0.1) is 0 Å². The number of nitrogens with zero attached hydrogens (tertiary/aromatic N) is 1. The summed E-state index contributed by atoms with van der Waals surface area (Å²) >= 11 is 0. The van der Waals surface area contributed by atoms with Crippen LogP contribution in [0.2, 0.25) is 0 Å². The lowest BCUT2D eigenvalue weighted by Gasteiger charge is -2.38. The Kier molecular flexibility index (Phi) is 4.16. The molecule has 1 aliphatic carbocycles. The SMILES string of the molecule is CC1CCCC(CCN2CC(=O)NC(C)(C)C2=O)C1. The van der Waals surface area contributed by atoms with Crippen LogP contribution < -0.4 is 5.32 Å². The molecule has 1 N–H and O–H groups in total. The van der Waals surface area contributed by atoms with Crippen molar-refractivity contribution in [1.29, 1.82) is 0 Å². The Hall–Kier alpha value is -1.06. The van der Waals surface area contributed by atoms with E-state index in [-0.39, 0.29) is 18.4 Å². The molecule has 108 valence electrons. The molecule has 1 aliphatic heterocycles. The van der Waals surface area contributed by atoms with Crippen molar-refractivity contribution >= 4 is 11.8 Å². The molecule has 4 nitrogen and oxygen atoms in total. The van der Waals surface area contributed by atoms with Crippen LogP contribution in [0, 0.1) is 11.8 Å². The number of hydrogen-bond donors (Lipinski definition) is 1. The van der Waals surface area contributed by atoms with Crippen molar-refractivity contribution in [2.45, 2.75) is 58.4 Å².